The number of nitrogens with one attached hydrogen (secondary N) is 2. The molecule has 1 aliphatic heterocycles. The molecule has 1 saturated heterocycles. The third-order valence-electron chi connectivity index (χ3n) is 2.79. The van der Waals surface area contributed by atoms with Crippen LogP contribution < -0.4 is 15.4 Å². The van der Waals surface area contributed by atoms with E-state index in [4.69, 9.17) is 0 Å². The molecule has 2 unspecified atom stereocenters. The molecule has 9 heteroatoms. The van der Waals surface area contributed by atoms with Gasteiger partial charge in [-0.3, -0.25) is 10.1 Å². The highest BCUT2D eigenvalue weighted by molar-refractivity contribution is 6.07. The predicted molar refractivity (Wildman–Crippen MR) is 59.8 cm³/mol. The smallest absolute Gasteiger partial charge is 0.322 e. The standard InChI is InChI=1S/C11H10F3N3O3/c1-11(9(18)16-10(19)17-11)5-2-3-6(15-4-5)20-8(14)7(12)13/h2-4,7-8H,1H3,(H2,16,17,18,19). The summed E-state index contributed by atoms with van der Waals surface area (Å²) in [6.45, 7) is 1.45. The third-order valence-corrected chi connectivity index (χ3v) is 2.79. The van der Waals surface area contributed by atoms with Gasteiger partial charge in [-0.2, -0.15) is 4.39 Å². The fourth-order valence-electron chi connectivity index (χ4n) is 1.66. The predicted octanol–water partition coefficient (Wildman–Crippen LogP) is 1.08. The van der Waals surface area contributed by atoms with E-state index in [1.54, 1.807) is 0 Å². The van der Waals surface area contributed by atoms with Crippen molar-refractivity contribution in [2.45, 2.75) is 25.2 Å². The SMILES string of the molecule is CC1(c2ccc(OC(F)C(F)F)nc2)NC(=O)NC1=O. The molecule has 108 valence electrons. The normalized spacial score (nSPS) is 23.4. The Morgan fingerprint density at radius 1 is 1.30 bits per heavy atom. The van der Waals surface area contributed by atoms with E-state index in [0.717, 1.165) is 12.3 Å². The van der Waals surface area contributed by atoms with E-state index < -0.39 is 30.3 Å². The fraction of sp³-hybridized carbons (Fsp3) is 0.364. The molecule has 20 heavy (non-hydrogen) atoms. The summed E-state index contributed by atoms with van der Waals surface area (Å²) in [7, 11) is 0. The Kier molecular flexibility index (Phi) is 3.51. The molecule has 1 aromatic heterocycles. The highest BCUT2D eigenvalue weighted by Crippen LogP contribution is 2.25. The van der Waals surface area contributed by atoms with Crippen LogP contribution in [0, 0.1) is 0 Å². The van der Waals surface area contributed by atoms with Crippen molar-refractivity contribution in [1.82, 2.24) is 15.6 Å². The molecule has 2 rings (SSSR count). The van der Waals surface area contributed by atoms with Crippen LogP contribution in [0.3, 0.4) is 0 Å². The molecule has 0 spiro atoms. The van der Waals surface area contributed by atoms with Gasteiger partial charge in [-0.1, -0.05) is 0 Å². The summed E-state index contributed by atoms with van der Waals surface area (Å²) in [5.41, 5.74) is -1.01. The van der Waals surface area contributed by atoms with E-state index in [1.807, 2.05) is 0 Å². The summed E-state index contributed by atoms with van der Waals surface area (Å²) >= 11 is 0. The zero-order valence-corrected chi connectivity index (χ0v) is 10.2. The molecule has 0 bridgehead atoms. The molecule has 1 aromatic rings. The Hall–Kier alpha value is -2.32. The van der Waals surface area contributed by atoms with Crippen molar-refractivity contribution in [2.75, 3.05) is 0 Å². The number of urea groups is 1. The Balaban J connectivity index is 2.16. The van der Waals surface area contributed by atoms with Crippen LogP contribution >= 0.6 is 0 Å². The van der Waals surface area contributed by atoms with Gasteiger partial charge in [-0.15, -0.1) is 0 Å². The number of amides is 3. The van der Waals surface area contributed by atoms with Gasteiger partial charge in [-0.25, -0.2) is 18.6 Å². The number of nitrogens with zero attached hydrogens (tertiary/aromatic N) is 1. The number of rotatable bonds is 4. The molecule has 6 nitrogen and oxygen atoms in total. The minimum Gasteiger partial charge on any atom is -0.437 e. The number of carbonyl (C=O) groups is 2. The van der Waals surface area contributed by atoms with E-state index in [2.05, 4.69) is 20.4 Å². The van der Waals surface area contributed by atoms with Crippen molar-refractivity contribution in [1.29, 1.82) is 0 Å². The first-order chi connectivity index (χ1) is 9.33. The average Bonchev–Trinajstić information content (AvgIpc) is 2.64. The Morgan fingerprint density at radius 3 is 2.45 bits per heavy atom. The fourth-order valence-corrected chi connectivity index (χ4v) is 1.66. The summed E-state index contributed by atoms with van der Waals surface area (Å²) in [5.74, 6) is -0.927. The Labute approximate surface area is 111 Å². The highest BCUT2D eigenvalue weighted by atomic mass is 19.3. The molecular weight excluding hydrogens is 279 g/mol. The number of ether oxygens (including phenoxy) is 1. The lowest BCUT2D eigenvalue weighted by Crippen LogP contribution is -2.40. The summed E-state index contributed by atoms with van der Waals surface area (Å²) < 4.78 is 40.9. The van der Waals surface area contributed by atoms with Gasteiger partial charge < -0.3 is 10.1 Å². The first kappa shape index (κ1) is 14.1. The van der Waals surface area contributed by atoms with Crippen LogP contribution in [0.25, 0.3) is 0 Å². The van der Waals surface area contributed by atoms with Crippen molar-refractivity contribution in [3.63, 3.8) is 0 Å². The molecule has 1 aliphatic rings. The highest BCUT2D eigenvalue weighted by Gasteiger charge is 2.43. The summed E-state index contributed by atoms with van der Waals surface area (Å²) in [6.07, 6.45) is -4.93. The zero-order chi connectivity index (χ0) is 14.9. The number of carbonyl (C=O) groups excluding carboxylic acids is 2. The monoisotopic (exact) mass is 289 g/mol. The summed E-state index contributed by atoms with van der Waals surface area (Å²) in [4.78, 5) is 26.4. The number of hydrogen-bond donors (Lipinski definition) is 2. The van der Waals surface area contributed by atoms with Crippen molar-refractivity contribution in [3.05, 3.63) is 23.9 Å². The molecule has 0 radical (unpaired) electrons. The van der Waals surface area contributed by atoms with Gasteiger partial charge >= 0.3 is 12.5 Å². The van der Waals surface area contributed by atoms with E-state index in [9.17, 15) is 22.8 Å². The molecule has 2 N–H and O–H groups in total. The topological polar surface area (TPSA) is 80.3 Å². The third kappa shape index (κ3) is 2.51. The van der Waals surface area contributed by atoms with E-state index in [0.29, 0.717) is 5.56 Å². The Morgan fingerprint density at radius 2 is 2.00 bits per heavy atom. The van der Waals surface area contributed by atoms with E-state index >= 15 is 0 Å². The van der Waals surface area contributed by atoms with Crippen LogP contribution in [0.15, 0.2) is 18.3 Å². The van der Waals surface area contributed by atoms with Crippen molar-refractivity contribution in [3.8, 4) is 5.88 Å². The maximum absolute atomic E-state index is 12.7. The largest absolute Gasteiger partial charge is 0.437 e. The number of imide groups is 1. The van der Waals surface area contributed by atoms with Crippen molar-refractivity contribution >= 4 is 11.9 Å². The van der Waals surface area contributed by atoms with Crippen LogP contribution in [0.2, 0.25) is 0 Å². The van der Waals surface area contributed by atoms with Gasteiger partial charge in [0.2, 0.25) is 5.88 Å². The Bertz CT molecular complexity index is 537. The van der Waals surface area contributed by atoms with Crippen LogP contribution in [-0.4, -0.2) is 29.7 Å². The van der Waals surface area contributed by atoms with Crippen LogP contribution in [0.1, 0.15) is 12.5 Å². The van der Waals surface area contributed by atoms with Gasteiger partial charge in [-0.05, 0) is 13.0 Å². The lowest BCUT2D eigenvalue weighted by molar-refractivity contribution is -0.123. The van der Waals surface area contributed by atoms with Crippen LogP contribution in [0.4, 0.5) is 18.0 Å². The minimum absolute atomic E-state index is 0.306. The molecule has 0 saturated carbocycles. The van der Waals surface area contributed by atoms with Gasteiger partial charge in [0.05, 0.1) is 0 Å². The second-order valence-electron chi connectivity index (χ2n) is 4.22. The average molecular weight is 289 g/mol. The van der Waals surface area contributed by atoms with Gasteiger partial charge in [0.1, 0.15) is 5.54 Å². The number of pyridine rings is 1. The second-order valence-corrected chi connectivity index (χ2v) is 4.22. The molecule has 2 atom stereocenters. The molecule has 0 aliphatic carbocycles. The number of hydrogen-bond acceptors (Lipinski definition) is 4. The maximum Gasteiger partial charge on any atom is 0.322 e. The molecular formula is C11H10F3N3O3. The van der Waals surface area contributed by atoms with Crippen LogP contribution in [0.5, 0.6) is 5.88 Å². The minimum atomic E-state index is -3.28. The van der Waals surface area contributed by atoms with E-state index in [1.165, 1.54) is 13.0 Å². The summed E-state index contributed by atoms with van der Waals surface area (Å²) in [6, 6.07) is 1.80. The van der Waals surface area contributed by atoms with Crippen LogP contribution in [-0.2, 0) is 10.3 Å². The second kappa shape index (κ2) is 4.99. The zero-order valence-electron chi connectivity index (χ0n) is 10.2. The summed E-state index contributed by atoms with van der Waals surface area (Å²) in [5, 5.41) is 4.46. The van der Waals surface area contributed by atoms with Gasteiger partial charge in [0, 0.05) is 17.8 Å². The molecule has 0 aromatic carbocycles. The number of halogens is 3. The lowest BCUT2D eigenvalue weighted by atomic mass is 9.94. The van der Waals surface area contributed by atoms with Gasteiger partial charge in [0.15, 0.2) is 0 Å². The van der Waals surface area contributed by atoms with Crippen molar-refractivity contribution < 1.29 is 27.5 Å². The first-order valence-electron chi connectivity index (χ1n) is 5.52. The van der Waals surface area contributed by atoms with Gasteiger partial charge in [0.25, 0.3) is 12.3 Å². The first-order valence-corrected chi connectivity index (χ1v) is 5.52. The maximum atomic E-state index is 12.7. The number of aromatic nitrogens is 1. The molecule has 1 fully saturated rings. The lowest BCUT2D eigenvalue weighted by Gasteiger charge is -2.20. The quantitative estimate of drug-likeness (QED) is 0.813. The molecule has 2 heterocycles. The van der Waals surface area contributed by atoms with E-state index in [-0.39, 0.29) is 5.88 Å². The molecule has 3 amide bonds. The number of alkyl halides is 3. The van der Waals surface area contributed by atoms with Crippen molar-refractivity contribution in [2.24, 2.45) is 0 Å².